The highest BCUT2D eigenvalue weighted by Gasteiger charge is 2.61. The van der Waals surface area contributed by atoms with Crippen molar-refractivity contribution in [3.8, 4) is 0 Å². The van der Waals surface area contributed by atoms with Crippen LogP contribution < -0.4 is 0 Å². The lowest BCUT2D eigenvalue weighted by Crippen LogP contribution is -2.54. The fraction of sp³-hybridized carbons (Fsp3) is 0.762. The van der Waals surface area contributed by atoms with E-state index in [0.717, 1.165) is 37.7 Å². The molecule has 24 heavy (non-hydrogen) atoms. The highest BCUT2D eigenvalue weighted by Crippen LogP contribution is 2.65. The predicted molar refractivity (Wildman–Crippen MR) is 91.3 cm³/mol. The molecule has 4 aliphatic carbocycles. The molecular weight excluding hydrogens is 300 g/mol. The number of hydrogen-bond donors (Lipinski definition) is 0. The van der Waals surface area contributed by atoms with Crippen LogP contribution in [-0.2, 0) is 14.4 Å². The van der Waals surface area contributed by atoms with Gasteiger partial charge in [0.1, 0.15) is 11.6 Å². The van der Waals surface area contributed by atoms with Crippen molar-refractivity contribution in [2.75, 3.05) is 0 Å². The first-order valence-corrected chi connectivity index (χ1v) is 9.54. The van der Waals surface area contributed by atoms with E-state index in [1.54, 1.807) is 13.0 Å². The Hall–Kier alpha value is -1.25. The Balaban J connectivity index is 1.73. The molecule has 0 aliphatic heterocycles. The van der Waals surface area contributed by atoms with Gasteiger partial charge in [0.15, 0.2) is 5.78 Å². The molecule has 0 aromatic carbocycles. The number of rotatable bonds is 1. The summed E-state index contributed by atoms with van der Waals surface area (Å²) in [6.45, 7) is 6.27. The maximum Gasteiger partial charge on any atom is 0.155 e. The molecule has 0 saturated heterocycles. The van der Waals surface area contributed by atoms with E-state index in [0.29, 0.717) is 36.2 Å². The lowest BCUT2D eigenvalue weighted by Gasteiger charge is -2.57. The Morgan fingerprint density at radius 2 is 1.83 bits per heavy atom. The fourth-order valence-electron chi connectivity index (χ4n) is 6.93. The molecule has 0 aromatic heterocycles. The first-order valence-electron chi connectivity index (χ1n) is 9.54. The number of carbonyl (C=O) groups is 3. The third kappa shape index (κ3) is 1.99. The molecule has 4 rings (SSSR count). The Morgan fingerprint density at radius 3 is 2.54 bits per heavy atom. The standard InChI is InChI=1S/C21H28O3/c1-12(22)15-4-5-16-19-17(7-9-21(15,16)3)20(2)8-6-14(23)10-13(20)11-18(19)24/h10,15-17,19H,4-9,11H2,1-3H3/t15-,16+,17+,19+,20+,21-/m1/s1. The van der Waals surface area contributed by atoms with Gasteiger partial charge in [0.25, 0.3) is 0 Å². The number of fused-ring (bicyclic) bond motifs is 5. The summed E-state index contributed by atoms with van der Waals surface area (Å²) in [4.78, 5) is 37.1. The van der Waals surface area contributed by atoms with Crippen molar-refractivity contribution in [2.45, 2.75) is 65.7 Å². The van der Waals surface area contributed by atoms with E-state index in [9.17, 15) is 14.4 Å². The highest BCUT2D eigenvalue weighted by atomic mass is 16.1. The van der Waals surface area contributed by atoms with Crippen molar-refractivity contribution in [3.63, 3.8) is 0 Å². The van der Waals surface area contributed by atoms with Gasteiger partial charge in [0, 0.05) is 24.7 Å². The smallest absolute Gasteiger partial charge is 0.155 e. The highest BCUT2D eigenvalue weighted by molar-refractivity contribution is 5.95. The van der Waals surface area contributed by atoms with Gasteiger partial charge in [-0.15, -0.1) is 0 Å². The Kier molecular flexibility index (Phi) is 3.47. The van der Waals surface area contributed by atoms with Gasteiger partial charge in [0.2, 0.25) is 0 Å². The topological polar surface area (TPSA) is 51.2 Å². The SMILES string of the molecule is CC(=O)[C@H]1CC[C@H]2[C@@H]3C(=O)CC4=CC(=O)CC[C@]4(C)[C@H]3CC[C@]12C. The number of carbonyl (C=O) groups excluding carboxylic acids is 3. The monoisotopic (exact) mass is 328 g/mol. The maximum absolute atomic E-state index is 13.1. The van der Waals surface area contributed by atoms with Gasteiger partial charge in [-0.05, 0) is 67.8 Å². The first-order chi connectivity index (χ1) is 11.3. The van der Waals surface area contributed by atoms with Gasteiger partial charge in [0.05, 0.1) is 0 Å². The quantitative estimate of drug-likeness (QED) is 0.733. The molecule has 0 bridgehead atoms. The van der Waals surface area contributed by atoms with Crippen molar-refractivity contribution in [1.29, 1.82) is 0 Å². The largest absolute Gasteiger partial charge is 0.300 e. The zero-order chi connectivity index (χ0) is 17.3. The van der Waals surface area contributed by atoms with Crippen LogP contribution in [0, 0.1) is 34.5 Å². The van der Waals surface area contributed by atoms with E-state index in [2.05, 4.69) is 13.8 Å². The van der Waals surface area contributed by atoms with Gasteiger partial charge >= 0.3 is 0 Å². The van der Waals surface area contributed by atoms with E-state index >= 15 is 0 Å². The number of allylic oxidation sites excluding steroid dienone is 1. The molecule has 0 unspecified atom stereocenters. The molecule has 3 nitrogen and oxygen atoms in total. The van der Waals surface area contributed by atoms with Crippen LogP contribution in [0.3, 0.4) is 0 Å². The molecule has 0 spiro atoms. The molecule has 0 radical (unpaired) electrons. The van der Waals surface area contributed by atoms with Gasteiger partial charge < -0.3 is 0 Å². The molecule has 3 fully saturated rings. The van der Waals surface area contributed by atoms with E-state index in [1.807, 2.05) is 0 Å². The third-order valence-electron chi connectivity index (χ3n) is 8.28. The summed E-state index contributed by atoms with van der Waals surface area (Å²) in [5.74, 6) is 1.77. The molecular formula is C21H28O3. The molecule has 6 atom stereocenters. The summed E-state index contributed by atoms with van der Waals surface area (Å²) in [7, 11) is 0. The second-order valence-corrected chi connectivity index (χ2v) is 9.22. The van der Waals surface area contributed by atoms with Crippen molar-refractivity contribution >= 4 is 17.3 Å². The molecule has 0 N–H and O–H groups in total. The number of hydrogen-bond acceptors (Lipinski definition) is 3. The summed E-state index contributed by atoms with van der Waals surface area (Å²) in [6.07, 6.45) is 7.79. The summed E-state index contributed by atoms with van der Waals surface area (Å²) in [5, 5.41) is 0. The summed E-state index contributed by atoms with van der Waals surface area (Å²) in [6, 6.07) is 0. The molecule has 130 valence electrons. The van der Waals surface area contributed by atoms with E-state index in [4.69, 9.17) is 0 Å². The zero-order valence-electron chi connectivity index (χ0n) is 15.1. The molecule has 3 saturated carbocycles. The Bertz CT molecular complexity index is 660. The van der Waals surface area contributed by atoms with E-state index in [-0.39, 0.29) is 28.4 Å². The average Bonchev–Trinajstić information content (AvgIpc) is 2.86. The number of Topliss-reactive ketones (excluding diaryl/α,β-unsaturated/α-hetero) is 2. The van der Waals surface area contributed by atoms with Crippen molar-refractivity contribution in [3.05, 3.63) is 11.6 Å². The lowest BCUT2D eigenvalue weighted by molar-refractivity contribution is -0.143. The second kappa shape index (κ2) is 5.12. The summed E-state index contributed by atoms with van der Waals surface area (Å²) in [5.41, 5.74) is 1.11. The molecule has 0 amide bonds. The molecule has 4 aliphatic rings. The maximum atomic E-state index is 13.1. The van der Waals surface area contributed by atoms with Crippen LogP contribution >= 0.6 is 0 Å². The fourth-order valence-corrected chi connectivity index (χ4v) is 6.93. The second-order valence-electron chi connectivity index (χ2n) is 9.22. The van der Waals surface area contributed by atoms with Crippen LogP contribution in [0.1, 0.15) is 65.7 Å². The van der Waals surface area contributed by atoms with Crippen molar-refractivity contribution in [2.24, 2.45) is 34.5 Å². The van der Waals surface area contributed by atoms with Gasteiger partial charge in [-0.25, -0.2) is 0 Å². The Morgan fingerprint density at radius 1 is 1.08 bits per heavy atom. The third-order valence-corrected chi connectivity index (χ3v) is 8.28. The minimum Gasteiger partial charge on any atom is -0.300 e. The van der Waals surface area contributed by atoms with E-state index < -0.39 is 0 Å². The molecule has 0 heterocycles. The minimum atomic E-state index is 0.00469. The van der Waals surface area contributed by atoms with Gasteiger partial charge in [-0.2, -0.15) is 0 Å². The van der Waals surface area contributed by atoms with Crippen LogP contribution in [0.5, 0.6) is 0 Å². The van der Waals surface area contributed by atoms with Crippen LogP contribution in [-0.4, -0.2) is 17.3 Å². The van der Waals surface area contributed by atoms with Crippen LogP contribution in [0.2, 0.25) is 0 Å². The van der Waals surface area contributed by atoms with Crippen molar-refractivity contribution < 1.29 is 14.4 Å². The summed E-state index contributed by atoms with van der Waals surface area (Å²) >= 11 is 0. The lowest BCUT2D eigenvalue weighted by atomic mass is 9.46. The van der Waals surface area contributed by atoms with E-state index in [1.165, 1.54) is 0 Å². The van der Waals surface area contributed by atoms with Crippen molar-refractivity contribution in [1.82, 2.24) is 0 Å². The first kappa shape index (κ1) is 16.2. The zero-order valence-corrected chi connectivity index (χ0v) is 15.1. The van der Waals surface area contributed by atoms with Crippen LogP contribution in [0.25, 0.3) is 0 Å². The average molecular weight is 328 g/mol. The summed E-state index contributed by atoms with van der Waals surface area (Å²) < 4.78 is 0. The molecule has 0 aromatic rings. The van der Waals surface area contributed by atoms with Gasteiger partial charge in [-0.3, -0.25) is 14.4 Å². The predicted octanol–water partition coefficient (Wildman–Crippen LogP) is 3.90. The molecule has 3 heteroatoms. The number of ketones is 3. The van der Waals surface area contributed by atoms with Crippen LogP contribution in [0.4, 0.5) is 0 Å². The normalized spacial score (nSPS) is 47.5. The van der Waals surface area contributed by atoms with Gasteiger partial charge in [-0.1, -0.05) is 19.4 Å². The van der Waals surface area contributed by atoms with Crippen LogP contribution in [0.15, 0.2) is 11.6 Å². The Labute approximate surface area is 144 Å². The minimum absolute atomic E-state index is 0.00469.